The molecule has 0 spiro atoms. The summed E-state index contributed by atoms with van der Waals surface area (Å²) >= 11 is 0. The Kier molecular flexibility index (Phi) is 10.1. The molecule has 4 aliphatic rings. The van der Waals surface area contributed by atoms with E-state index in [9.17, 15) is 23.5 Å². The fourth-order valence-corrected chi connectivity index (χ4v) is 9.48. The van der Waals surface area contributed by atoms with Gasteiger partial charge in [0.15, 0.2) is 17.3 Å². The van der Waals surface area contributed by atoms with Gasteiger partial charge in [-0.15, -0.1) is 10.2 Å². The van der Waals surface area contributed by atoms with Crippen molar-refractivity contribution >= 4 is 29.2 Å². The van der Waals surface area contributed by atoms with Gasteiger partial charge in [-0.3, -0.25) is 14.2 Å². The van der Waals surface area contributed by atoms with Crippen LogP contribution in [-0.2, 0) is 31.2 Å². The van der Waals surface area contributed by atoms with E-state index in [1.54, 1.807) is 43.2 Å². The maximum absolute atomic E-state index is 14.7. The van der Waals surface area contributed by atoms with Crippen molar-refractivity contribution in [3.8, 4) is 11.1 Å². The van der Waals surface area contributed by atoms with Gasteiger partial charge in [0.1, 0.15) is 0 Å². The highest BCUT2D eigenvalue weighted by Crippen LogP contribution is 2.44. The number of rotatable bonds is 8. The minimum atomic E-state index is -2.65. The monoisotopic (exact) mass is 756 g/mol. The second-order valence-corrected chi connectivity index (χ2v) is 16.0. The standard InChI is InChI=1S/C40H50F2N10O3/c1-24-19-50(37-8-7-34(40(54)55)44-45-37)20-25(2)32(24)22-48-13-9-29(10-14-48)52-35-11-15-49(26(3)53)23-33(35)39(46-52)51-12-5-6-27-16-30(28-18-43-47(4)21-28)31(38(41)42)17-36(27)51/h7-8,16-18,21,24-25,29,32,38H,5-6,9-15,19-20,22-23H2,1-4H3,(H,54,55)/t24-,25+,32?. The number of benzene rings is 1. The maximum atomic E-state index is 14.7. The van der Waals surface area contributed by atoms with Crippen LogP contribution in [0.3, 0.4) is 0 Å². The smallest absolute Gasteiger partial charge is 0.356 e. The van der Waals surface area contributed by atoms with Gasteiger partial charge in [0.05, 0.1) is 18.8 Å². The third-order valence-electron chi connectivity index (χ3n) is 12.4. The van der Waals surface area contributed by atoms with Gasteiger partial charge in [-0.25, -0.2) is 13.6 Å². The van der Waals surface area contributed by atoms with Crippen LogP contribution >= 0.6 is 0 Å². The van der Waals surface area contributed by atoms with Crippen LogP contribution in [0.4, 0.5) is 26.1 Å². The molecule has 4 aromatic rings. The first-order chi connectivity index (χ1) is 26.4. The van der Waals surface area contributed by atoms with Crippen LogP contribution < -0.4 is 9.80 Å². The molecular formula is C40H50F2N10O3. The average molecular weight is 757 g/mol. The number of aryl methyl sites for hydroxylation is 2. The van der Waals surface area contributed by atoms with Gasteiger partial charge in [0.25, 0.3) is 6.43 Å². The molecule has 3 aromatic heterocycles. The third-order valence-corrected chi connectivity index (χ3v) is 12.4. The molecular weight excluding hydrogens is 707 g/mol. The van der Waals surface area contributed by atoms with E-state index >= 15 is 0 Å². The number of carboxylic acids is 1. The third kappa shape index (κ3) is 7.18. The molecule has 1 amide bonds. The predicted octanol–water partition coefficient (Wildman–Crippen LogP) is 5.74. The highest BCUT2D eigenvalue weighted by atomic mass is 19.3. The van der Waals surface area contributed by atoms with Crippen LogP contribution in [0, 0.1) is 17.8 Å². The molecule has 0 aliphatic carbocycles. The highest BCUT2D eigenvalue weighted by Gasteiger charge is 2.37. The Labute approximate surface area is 319 Å². The van der Waals surface area contributed by atoms with Crippen LogP contribution in [0.15, 0.2) is 36.7 Å². The number of alkyl halides is 2. The van der Waals surface area contributed by atoms with E-state index in [1.165, 1.54) is 6.07 Å². The van der Waals surface area contributed by atoms with Crippen LogP contribution in [-0.4, -0.2) is 102 Å². The number of carboxylic acid groups (broad SMARTS) is 1. The lowest BCUT2D eigenvalue weighted by Crippen LogP contribution is -2.50. The molecule has 2 fully saturated rings. The van der Waals surface area contributed by atoms with Gasteiger partial charge in [-0.2, -0.15) is 10.2 Å². The number of nitrogens with zero attached hydrogens (tertiary/aromatic N) is 10. The number of piperidine rings is 2. The maximum Gasteiger partial charge on any atom is 0.356 e. The van der Waals surface area contributed by atoms with Crippen molar-refractivity contribution in [2.45, 2.75) is 71.9 Å². The van der Waals surface area contributed by atoms with E-state index in [1.807, 2.05) is 11.0 Å². The Bertz CT molecular complexity index is 2050. The van der Waals surface area contributed by atoms with Crippen molar-refractivity contribution in [2.24, 2.45) is 24.8 Å². The molecule has 1 unspecified atom stereocenters. The number of halogens is 2. The number of likely N-dealkylation sites (tertiary alicyclic amines) is 1. The Morgan fingerprint density at radius 2 is 1.76 bits per heavy atom. The van der Waals surface area contributed by atoms with Gasteiger partial charge >= 0.3 is 5.97 Å². The fourth-order valence-electron chi connectivity index (χ4n) is 9.48. The molecule has 3 atom stereocenters. The molecule has 15 heteroatoms. The summed E-state index contributed by atoms with van der Waals surface area (Å²) in [5, 5.41) is 26.9. The van der Waals surface area contributed by atoms with Crippen molar-refractivity contribution in [3.05, 3.63) is 64.7 Å². The van der Waals surface area contributed by atoms with Crippen LogP contribution in [0.5, 0.6) is 0 Å². The Morgan fingerprint density at radius 3 is 2.40 bits per heavy atom. The first kappa shape index (κ1) is 37.0. The van der Waals surface area contributed by atoms with E-state index in [0.717, 1.165) is 86.7 Å². The Balaban J connectivity index is 1.01. The number of fused-ring (bicyclic) bond motifs is 2. The zero-order chi connectivity index (χ0) is 38.5. The number of aromatic carboxylic acids is 1. The van der Waals surface area contributed by atoms with Gasteiger partial charge < -0.3 is 24.7 Å². The molecule has 55 heavy (non-hydrogen) atoms. The molecule has 1 N–H and O–H groups in total. The number of carbonyl (C=O) groups is 2. The lowest BCUT2D eigenvalue weighted by molar-refractivity contribution is -0.129. The molecule has 0 bridgehead atoms. The molecule has 8 rings (SSSR count). The summed E-state index contributed by atoms with van der Waals surface area (Å²) in [5.74, 6) is 1.80. The lowest BCUT2D eigenvalue weighted by Gasteiger charge is -2.44. The van der Waals surface area contributed by atoms with E-state index in [0.29, 0.717) is 60.8 Å². The summed E-state index contributed by atoms with van der Waals surface area (Å²) < 4.78 is 33.2. The minimum absolute atomic E-state index is 0.0120. The van der Waals surface area contributed by atoms with Gasteiger partial charge in [0.2, 0.25) is 5.91 Å². The van der Waals surface area contributed by atoms with E-state index in [-0.39, 0.29) is 23.2 Å². The Hall–Kier alpha value is -4.92. The number of carbonyl (C=O) groups excluding carboxylic acids is 1. The average Bonchev–Trinajstić information content (AvgIpc) is 3.79. The van der Waals surface area contributed by atoms with Crippen molar-refractivity contribution in [2.75, 3.05) is 55.6 Å². The lowest BCUT2D eigenvalue weighted by atomic mass is 9.79. The molecule has 7 heterocycles. The van der Waals surface area contributed by atoms with Crippen LogP contribution in [0.25, 0.3) is 11.1 Å². The fraction of sp³-hybridized carbons (Fsp3) is 0.550. The number of hydrogen-bond donors (Lipinski definition) is 1. The van der Waals surface area contributed by atoms with Gasteiger partial charge in [0, 0.05) is 100 Å². The zero-order valence-corrected chi connectivity index (χ0v) is 32.0. The number of hydrogen-bond acceptors (Lipinski definition) is 9. The number of amides is 1. The van der Waals surface area contributed by atoms with Gasteiger partial charge in [-0.05, 0) is 78.8 Å². The first-order valence-electron chi connectivity index (χ1n) is 19.6. The van der Waals surface area contributed by atoms with Crippen molar-refractivity contribution in [1.29, 1.82) is 0 Å². The van der Waals surface area contributed by atoms with Crippen LogP contribution in [0.2, 0.25) is 0 Å². The molecule has 13 nitrogen and oxygen atoms in total. The Morgan fingerprint density at radius 1 is 1.00 bits per heavy atom. The molecule has 0 radical (unpaired) electrons. The first-order valence-corrected chi connectivity index (χ1v) is 19.6. The van der Waals surface area contributed by atoms with E-state index in [2.05, 4.69) is 48.5 Å². The van der Waals surface area contributed by atoms with Crippen LogP contribution in [0.1, 0.15) is 85.4 Å². The normalized spacial score (nSPS) is 22.2. The number of anilines is 3. The quantitative estimate of drug-likeness (QED) is 0.238. The summed E-state index contributed by atoms with van der Waals surface area (Å²) in [7, 11) is 1.79. The van der Waals surface area contributed by atoms with Crippen molar-refractivity contribution < 1.29 is 23.5 Å². The molecule has 4 aliphatic heterocycles. The minimum Gasteiger partial charge on any atom is -0.476 e. The van der Waals surface area contributed by atoms with E-state index < -0.39 is 12.4 Å². The zero-order valence-electron chi connectivity index (χ0n) is 32.0. The van der Waals surface area contributed by atoms with Gasteiger partial charge in [-0.1, -0.05) is 13.8 Å². The summed E-state index contributed by atoms with van der Waals surface area (Å²) in [6.07, 6.45) is 5.04. The molecule has 2 saturated heterocycles. The molecule has 0 saturated carbocycles. The largest absolute Gasteiger partial charge is 0.476 e. The second-order valence-electron chi connectivity index (χ2n) is 16.0. The summed E-state index contributed by atoms with van der Waals surface area (Å²) in [4.78, 5) is 32.7. The van der Waals surface area contributed by atoms with Crippen molar-refractivity contribution in [1.82, 2.24) is 39.6 Å². The van der Waals surface area contributed by atoms with E-state index in [4.69, 9.17) is 5.10 Å². The molecule has 1 aromatic carbocycles. The predicted molar refractivity (Wildman–Crippen MR) is 204 cm³/mol. The number of aromatic nitrogens is 6. The second kappa shape index (κ2) is 15.0. The summed E-state index contributed by atoms with van der Waals surface area (Å²) in [6, 6.07) is 7.05. The summed E-state index contributed by atoms with van der Waals surface area (Å²) in [6.45, 7) is 12.6. The summed E-state index contributed by atoms with van der Waals surface area (Å²) in [5.41, 5.74) is 5.11. The highest BCUT2D eigenvalue weighted by molar-refractivity contribution is 5.85. The molecule has 292 valence electrons. The topological polar surface area (TPSA) is 129 Å². The SMILES string of the molecule is CC(=O)N1CCc2c(c(N3CCCc4cc(-c5cnn(C)c5)c(C(F)F)cc43)nn2C2CCN(CC3[C@H](C)CN(c4ccc(C(=O)O)nn4)C[C@@H]3C)CC2)C1. The van der Waals surface area contributed by atoms with Crippen molar-refractivity contribution in [3.63, 3.8) is 0 Å².